The molecule has 2 saturated heterocycles. The van der Waals surface area contributed by atoms with Crippen LogP contribution in [0.2, 0.25) is 0 Å². The number of nitrogens with zero attached hydrogens (tertiary/aromatic N) is 3. The van der Waals surface area contributed by atoms with Gasteiger partial charge in [0, 0.05) is 29.6 Å². The first-order chi connectivity index (χ1) is 13.2. The fourth-order valence-electron chi connectivity index (χ4n) is 5.82. The van der Waals surface area contributed by atoms with Crippen molar-refractivity contribution < 1.29 is 4.79 Å². The lowest BCUT2D eigenvalue weighted by molar-refractivity contribution is 0.0558. The molecule has 1 saturated carbocycles. The molecule has 1 amide bonds. The molecule has 5 rings (SSSR count). The number of rotatable bonds is 3. The monoisotopic (exact) mass is 362 g/mol. The molecular weight excluding hydrogens is 336 g/mol. The average molecular weight is 362 g/mol. The van der Waals surface area contributed by atoms with Crippen LogP contribution in [-0.2, 0) is 6.42 Å². The maximum Gasteiger partial charge on any atom is 0.256 e. The molecule has 3 aliphatic rings. The molecular formula is C22H26N4O. The molecule has 0 radical (unpaired) electrons. The maximum atomic E-state index is 13.5. The zero-order valence-corrected chi connectivity index (χ0v) is 15.7. The number of piperidine rings is 1. The van der Waals surface area contributed by atoms with Crippen LogP contribution in [0.15, 0.2) is 48.8 Å². The first-order valence-corrected chi connectivity index (χ1v) is 10.1. The van der Waals surface area contributed by atoms with Crippen LogP contribution in [0.4, 0.5) is 0 Å². The van der Waals surface area contributed by atoms with Crippen molar-refractivity contribution in [3.8, 4) is 0 Å². The summed E-state index contributed by atoms with van der Waals surface area (Å²) in [6.07, 6.45) is 8.77. The highest BCUT2D eigenvalue weighted by atomic mass is 16.2. The molecule has 5 atom stereocenters. The van der Waals surface area contributed by atoms with Gasteiger partial charge in [-0.1, -0.05) is 37.3 Å². The van der Waals surface area contributed by atoms with E-state index in [0.717, 1.165) is 19.3 Å². The summed E-state index contributed by atoms with van der Waals surface area (Å²) in [4.78, 5) is 15.7. The van der Waals surface area contributed by atoms with Gasteiger partial charge in [-0.05, 0) is 43.7 Å². The third-order valence-electron chi connectivity index (χ3n) is 7.11. The highest BCUT2D eigenvalue weighted by molar-refractivity contribution is 5.94. The van der Waals surface area contributed by atoms with Crippen molar-refractivity contribution in [1.29, 1.82) is 0 Å². The van der Waals surface area contributed by atoms with Crippen LogP contribution in [0.3, 0.4) is 0 Å². The highest BCUT2D eigenvalue weighted by Crippen LogP contribution is 2.53. The van der Waals surface area contributed by atoms with Gasteiger partial charge in [-0.25, -0.2) is 0 Å². The lowest BCUT2D eigenvalue weighted by atomic mass is 9.65. The molecule has 5 nitrogen and oxygen atoms in total. The van der Waals surface area contributed by atoms with Gasteiger partial charge in [0.25, 0.3) is 5.91 Å². The molecule has 2 aromatic rings. The Morgan fingerprint density at radius 1 is 1.22 bits per heavy atom. The van der Waals surface area contributed by atoms with Crippen LogP contribution in [-0.4, -0.2) is 45.2 Å². The average Bonchev–Trinajstić information content (AvgIpc) is 3.01. The molecule has 1 aromatic carbocycles. The summed E-state index contributed by atoms with van der Waals surface area (Å²) in [5.74, 6) is 0.117. The SMILES string of the molecule is C[C@@]12C[C@H]3[C@@H](Cc4ccccc4)N[C@@H]1CCC[C@@H]2N3C(=O)c1ccnnc1. The van der Waals surface area contributed by atoms with Crippen LogP contribution in [0.25, 0.3) is 0 Å². The van der Waals surface area contributed by atoms with Crippen LogP contribution in [0.5, 0.6) is 0 Å². The Morgan fingerprint density at radius 3 is 2.85 bits per heavy atom. The topological polar surface area (TPSA) is 58.1 Å². The van der Waals surface area contributed by atoms with Gasteiger partial charge in [0.2, 0.25) is 0 Å². The number of nitrogens with one attached hydrogen (secondary N) is 1. The summed E-state index contributed by atoms with van der Waals surface area (Å²) in [6.45, 7) is 2.39. The quantitative estimate of drug-likeness (QED) is 0.912. The van der Waals surface area contributed by atoms with Gasteiger partial charge in [0.15, 0.2) is 0 Å². The second-order valence-electron chi connectivity index (χ2n) is 8.58. The molecule has 27 heavy (non-hydrogen) atoms. The van der Waals surface area contributed by atoms with Crippen molar-refractivity contribution in [2.75, 3.05) is 0 Å². The lowest BCUT2D eigenvalue weighted by Gasteiger charge is -2.46. The minimum Gasteiger partial charge on any atom is -0.330 e. The molecule has 2 aliphatic heterocycles. The summed E-state index contributed by atoms with van der Waals surface area (Å²) in [5.41, 5.74) is 2.16. The molecule has 2 bridgehead atoms. The van der Waals surface area contributed by atoms with E-state index in [9.17, 15) is 4.79 Å². The van der Waals surface area contributed by atoms with Gasteiger partial charge in [-0.15, -0.1) is 0 Å². The summed E-state index contributed by atoms with van der Waals surface area (Å²) < 4.78 is 0. The van der Waals surface area contributed by atoms with Gasteiger partial charge in [0.05, 0.1) is 18.0 Å². The van der Waals surface area contributed by atoms with E-state index in [2.05, 4.69) is 57.7 Å². The molecule has 1 aromatic heterocycles. The smallest absolute Gasteiger partial charge is 0.256 e. The number of aromatic nitrogens is 2. The van der Waals surface area contributed by atoms with E-state index in [1.165, 1.54) is 18.4 Å². The Labute approximate surface area is 160 Å². The minimum absolute atomic E-state index is 0.117. The normalized spacial score (nSPS) is 34.5. The number of benzene rings is 1. The Morgan fingerprint density at radius 2 is 2.07 bits per heavy atom. The van der Waals surface area contributed by atoms with E-state index in [4.69, 9.17) is 0 Å². The third kappa shape index (κ3) is 2.67. The Hall–Kier alpha value is -2.27. The number of carbonyl (C=O) groups is 1. The van der Waals surface area contributed by atoms with E-state index < -0.39 is 0 Å². The van der Waals surface area contributed by atoms with E-state index in [1.54, 1.807) is 18.5 Å². The number of amides is 1. The van der Waals surface area contributed by atoms with Crippen LogP contribution in [0.1, 0.15) is 48.5 Å². The van der Waals surface area contributed by atoms with Gasteiger partial charge < -0.3 is 10.2 Å². The van der Waals surface area contributed by atoms with Crippen molar-refractivity contribution in [1.82, 2.24) is 20.4 Å². The van der Waals surface area contributed by atoms with E-state index in [0.29, 0.717) is 23.7 Å². The standard InChI is InChI=1S/C22H26N4O/c1-22-13-18-17(12-15-6-3-2-4-7-15)25-19(22)8-5-9-20(22)26(18)21(27)16-10-11-23-24-14-16/h2-4,6-7,10-11,14,17-20,25H,5,8-9,12-13H2,1H3/t17-,18+,19-,20+,22-/m1/s1. The molecule has 1 N–H and O–H groups in total. The molecule has 5 heteroatoms. The Balaban J connectivity index is 1.51. The van der Waals surface area contributed by atoms with Crippen molar-refractivity contribution >= 4 is 5.91 Å². The van der Waals surface area contributed by atoms with Gasteiger partial charge in [-0.2, -0.15) is 10.2 Å². The van der Waals surface area contributed by atoms with Gasteiger partial charge in [0.1, 0.15) is 0 Å². The zero-order chi connectivity index (χ0) is 18.4. The molecule has 3 fully saturated rings. The number of hydrogen-bond acceptors (Lipinski definition) is 4. The van der Waals surface area contributed by atoms with Crippen LogP contribution >= 0.6 is 0 Å². The number of likely N-dealkylation sites (tertiary alicyclic amines) is 1. The third-order valence-corrected chi connectivity index (χ3v) is 7.11. The first kappa shape index (κ1) is 16.9. The number of fused-ring (bicyclic) bond motifs is 1. The lowest BCUT2D eigenvalue weighted by Crippen LogP contribution is -2.58. The van der Waals surface area contributed by atoms with Crippen LogP contribution < -0.4 is 5.32 Å². The second kappa shape index (κ2) is 6.41. The van der Waals surface area contributed by atoms with Crippen LogP contribution in [0, 0.1) is 5.41 Å². The number of carbonyl (C=O) groups excluding carboxylic acids is 1. The van der Waals surface area contributed by atoms with Crippen molar-refractivity contribution in [2.45, 2.75) is 63.2 Å². The summed E-state index contributed by atoms with van der Waals surface area (Å²) >= 11 is 0. The Kier molecular flexibility index (Phi) is 4.01. The first-order valence-electron chi connectivity index (χ1n) is 10.1. The minimum atomic E-state index is 0.117. The van der Waals surface area contributed by atoms with E-state index in [-0.39, 0.29) is 17.4 Å². The predicted octanol–water partition coefficient (Wildman–Crippen LogP) is 2.83. The van der Waals surface area contributed by atoms with Crippen molar-refractivity contribution in [3.63, 3.8) is 0 Å². The van der Waals surface area contributed by atoms with Gasteiger partial charge in [-0.3, -0.25) is 4.79 Å². The molecule has 1 aliphatic carbocycles. The molecule has 0 unspecified atom stereocenters. The highest BCUT2D eigenvalue weighted by Gasteiger charge is 2.61. The summed E-state index contributed by atoms with van der Waals surface area (Å²) in [6, 6.07) is 13.8. The second-order valence-corrected chi connectivity index (χ2v) is 8.58. The van der Waals surface area contributed by atoms with Gasteiger partial charge >= 0.3 is 0 Å². The predicted molar refractivity (Wildman–Crippen MR) is 103 cm³/mol. The number of hydrogen-bond donors (Lipinski definition) is 1. The molecule has 0 spiro atoms. The summed E-state index contributed by atoms with van der Waals surface area (Å²) in [7, 11) is 0. The zero-order valence-electron chi connectivity index (χ0n) is 15.7. The Bertz CT molecular complexity index is 827. The summed E-state index contributed by atoms with van der Waals surface area (Å²) in [5, 5.41) is 11.7. The molecule has 140 valence electrons. The van der Waals surface area contributed by atoms with E-state index in [1.807, 2.05) is 0 Å². The maximum absolute atomic E-state index is 13.5. The fourth-order valence-corrected chi connectivity index (χ4v) is 5.82. The fraction of sp³-hybridized carbons (Fsp3) is 0.500. The van der Waals surface area contributed by atoms with Crippen molar-refractivity contribution in [3.05, 3.63) is 59.9 Å². The largest absolute Gasteiger partial charge is 0.330 e. The van der Waals surface area contributed by atoms with E-state index >= 15 is 0 Å². The van der Waals surface area contributed by atoms with Crippen molar-refractivity contribution in [2.24, 2.45) is 5.41 Å². The molecule has 3 heterocycles.